The van der Waals surface area contributed by atoms with Crippen LogP contribution in [-0.4, -0.2) is 36.3 Å². The molecule has 0 bridgehead atoms. The van der Waals surface area contributed by atoms with E-state index >= 15 is 0 Å². The number of halogens is 6. The molecule has 0 aliphatic rings. The highest BCUT2D eigenvalue weighted by atomic mass is 32.3. The molecule has 0 saturated heterocycles. The van der Waals surface area contributed by atoms with Crippen LogP contribution in [-0.2, 0) is 30.3 Å². The topological polar surface area (TPSA) is 126 Å². The zero-order valence-electron chi connectivity index (χ0n) is 7.94. The molecule has 0 aliphatic heterocycles. The van der Waals surface area contributed by atoms with Crippen molar-refractivity contribution in [2.75, 3.05) is 0 Å². The van der Waals surface area contributed by atoms with Gasteiger partial charge in [0.05, 0.1) is 0 Å². The summed E-state index contributed by atoms with van der Waals surface area (Å²) in [6.45, 7) is 0. The summed E-state index contributed by atoms with van der Waals surface area (Å²) >= 11 is 0. The minimum atomic E-state index is -6.61. The summed E-state index contributed by atoms with van der Waals surface area (Å²) in [6, 6.07) is 0. The van der Waals surface area contributed by atoms with Crippen LogP contribution >= 0.6 is 0 Å². The van der Waals surface area contributed by atoms with Crippen molar-refractivity contribution in [3.63, 3.8) is 0 Å². The summed E-state index contributed by atoms with van der Waals surface area (Å²) in [5.74, 6) is 0. The van der Waals surface area contributed by atoms with Gasteiger partial charge in [0.25, 0.3) is 0 Å². The summed E-state index contributed by atoms with van der Waals surface area (Å²) in [6.07, 6.45) is 0. The summed E-state index contributed by atoms with van der Waals surface area (Å²) in [5, 5.41) is 0. The number of hydrogen-bond acceptors (Lipinski definition) is 6. The number of hydrogen-bond donors (Lipinski definition) is 2. The molecule has 17 heteroatoms. The Morgan fingerprint density at radius 2 is 0.789 bits per heavy atom. The second-order valence-electron chi connectivity index (χ2n) is 2.57. The lowest BCUT2D eigenvalue weighted by Gasteiger charge is -2.12. The molecule has 0 rings (SSSR count). The number of rotatable bonds is 4. The monoisotopic (exact) mass is 360 g/mol. The molecule has 0 unspecified atom stereocenters. The molecule has 0 aromatic heterocycles. The van der Waals surface area contributed by atoms with Gasteiger partial charge in [-0.2, -0.15) is 34.8 Å². The van der Waals surface area contributed by atoms with E-state index in [1.165, 1.54) is 0 Å². The Labute approximate surface area is 102 Å². The standard InChI is InChI=1S/C2H2F6N2O6S3/c3-1(4,5)17(11,12)9-19(15,16)10-18(13,14)2(6,7)8/h9-10H. The van der Waals surface area contributed by atoms with Gasteiger partial charge < -0.3 is 0 Å². The molecule has 2 N–H and O–H groups in total. The van der Waals surface area contributed by atoms with E-state index in [4.69, 9.17) is 0 Å². The Kier molecular flexibility index (Phi) is 4.56. The summed E-state index contributed by atoms with van der Waals surface area (Å²) < 4.78 is 132. The predicted molar refractivity (Wildman–Crippen MR) is 45.1 cm³/mol. The molecule has 19 heavy (non-hydrogen) atoms. The van der Waals surface area contributed by atoms with Gasteiger partial charge in [-0.15, -0.1) is 0 Å². The van der Waals surface area contributed by atoms with Gasteiger partial charge in [0.2, 0.25) is 0 Å². The van der Waals surface area contributed by atoms with E-state index in [0.717, 1.165) is 0 Å². The van der Waals surface area contributed by atoms with Crippen LogP contribution in [0.25, 0.3) is 0 Å². The van der Waals surface area contributed by atoms with Crippen LogP contribution in [0.1, 0.15) is 0 Å². The molecule has 0 saturated carbocycles. The van der Waals surface area contributed by atoms with Gasteiger partial charge in [-0.25, -0.2) is 16.8 Å². The lowest BCUT2D eigenvalue weighted by atomic mass is 11.6. The first-order chi connectivity index (χ1) is 7.91. The van der Waals surface area contributed by atoms with Gasteiger partial charge in [-0.05, 0) is 0 Å². The molecular formula is C2H2F6N2O6S3. The Hall–Kier alpha value is -0.650. The van der Waals surface area contributed by atoms with Crippen molar-refractivity contribution in [1.82, 2.24) is 8.25 Å². The average molecular weight is 360 g/mol. The average Bonchev–Trinajstić information content (AvgIpc) is 1.93. The maximum atomic E-state index is 11.7. The fourth-order valence-electron chi connectivity index (χ4n) is 0.400. The zero-order valence-corrected chi connectivity index (χ0v) is 10.4. The van der Waals surface area contributed by atoms with E-state index in [0.29, 0.717) is 0 Å². The fourth-order valence-corrected chi connectivity index (χ4v) is 3.91. The van der Waals surface area contributed by atoms with Gasteiger partial charge in [0.15, 0.2) is 0 Å². The molecule has 0 atom stereocenters. The first-order valence-corrected chi connectivity index (χ1v) is 7.81. The minimum absolute atomic E-state index is 0.270. The molecule has 0 amide bonds. The molecular weight excluding hydrogens is 358 g/mol. The normalized spacial score (nSPS) is 15.5. The summed E-state index contributed by atoms with van der Waals surface area (Å²) in [7, 11) is -19.4. The maximum absolute atomic E-state index is 11.7. The van der Waals surface area contributed by atoms with E-state index in [2.05, 4.69) is 0 Å². The maximum Gasteiger partial charge on any atom is 0.512 e. The molecule has 0 heterocycles. The Morgan fingerprint density at radius 3 is 0.947 bits per heavy atom. The largest absolute Gasteiger partial charge is 0.512 e. The smallest absolute Gasteiger partial charge is 0.202 e. The van der Waals surface area contributed by atoms with Crippen LogP contribution < -0.4 is 8.25 Å². The third-order valence-corrected chi connectivity index (χ3v) is 5.78. The first-order valence-electron chi connectivity index (χ1n) is 3.36. The number of nitrogens with one attached hydrogen (secondary N) is 2. The fraction of sp³-hybridized carbons (Fsp3) is 1.00. The van der Waals surface area contributed by atoms with Crippen molar-refractivity contribution in [2.24, 2.45) is 0 Å². The highest BCUT2D eigenvalue weighted by Crippen LogP contribution is 2.24. The van der Waals surface area contributed by atoms with E-state index in [1.807, 2.05) is 0 Å². The van der Waals surface area contributed by atoms with Crippen molar-refractivity contribution in [3.05, 3.63) is 0 Å². The summed E-state index contributed by atoms with van der Waals surface area (Å²) in [4.78, 5) is 0. The van der Waals surface area contributed by atoms with E-state index in [-0.39, 0.29) is 8.25 Å². The summed E-state index contributed by atoms with van der Waals surface area (Å²) in [5.41, 5.74) is -12.4. The van der Waals surface area contributed by atoms with Crippen LogP contribution in [0, 0.1) is 0 Å². The molecule has 0 aliphatic carbocycles. The number of alkyl halides is 6. The first kappa shape index (κ1) is 18.4. The van der Waals surface area contributed by atoms with Gasteiger partial charge in [-0.3, -0.25) is 0 Å². The lowest BCUT2D eigenvalue weighted by molar-refractivity contribution is -0.0443. The van der Waals surface area contributed by atoms with Gasteiger partial charge >= 0.3 is 41.3 Å². The molecule has 0 fully saturated rings. The SMILES string of the molecule is O=S(=O)(NS(=O)(=O)C(F)(F)F)NS(=O)(=O)C(F)(F)F. The van der Waals surface area contributed by atoms with Gasteiger partial charge in [0.1, 0.15) is 0 Å². The van der Waals surface area contributed by atoms with Crippen molar-refractivity contribution >= 4 is 30.3 Å². The minimum Gasteiger partial charge on any atom is -0.202 e. The predicted octanol–water partition coefficient (Wildman–Crippen LogP) is -0.890. The van der Waals surface area contributed by atoms with Gasteiger partial charge in [0, 0.05) is 0 Å². The van der Waals surface area contributed by atoms with Crippen molar-refractivity contribution < 1.29 is 51.6 Å². The Morgan fingerprint density at radius 1 is 0.579 bits per heavy atom. The molecule has 0 radical (unpaired) electrons. The zero-order chi connectivity index (χ0) is 15.9. The number of sulfonamides is 2. The highest BCUT2D eigenvalue weighted by Gasteiger charge is 2.52. The van der Waals surface area contributed by atoms with E-state index in [9.17, 15) is 51.6 Å². The Balaban J connectivity index is 5.41. The molecule has 0 aromatic carbocycles. The quantitative estimate of drug-likeness (QED) is 0.627. The van der Waals surface area contributed by atoms with Crippen molar-refractivity contribution in [2.45, 2.75) is 11.0 Å². The van der Waals surface area contributed by atoms with Crippen LogP contribution in [0.2, 0.25) is 0 Å². The second kappa shape index (κ2) is 4.72. The van der Waals surface area contributed by atoms with Gasteiger partial charge in [-0.1, -0.05) is 8.25 Å². The van der Waals surface area contributed by atoms with Crippen molar-refractivity contribution in [1.29, 1.82) is 0 Å². The Bertz CT molecular complexity index is 586. The second-order valence-corrected chi connectivity index (χ2v) is 7.85. The third-order valence-electron chi connectivity index (χ3n) is 1.05. The lowest BCUT2D eigenvalue weighted by Crippen LogP contribution is -2.50. The molecule has 116 valence electrons. The molecule has 0 aromatic rings. The van der Waals surface area contributed by atoms with E-state index < -0.39 is 41.3 Å². The van der Waals surface area contributed by atoms with Crippen molar-refractivity contribution in [3.8, 4) is 0 Å². The third kappa shape index (κ3) is 4.75. The van der Waals surface area contributed by atoms with E-state index in [1.54, 1.807) is 0 Å². The molecule has 0 spiro atoms. The molecule has 8 nitrogen and oxygen atoms in total. The highest BCUT2D eigenvalue weighted by molar-refractivity contribution is 8.10. The van der Waals surface area contributed by atoms with Crippen LogP contribution in [0.5, 0.6) is 0 Å². The van der Waals surface area contributed by atoms with Crippen LogP contribution in [0.3, 0.4) is 0 Å². The van der Waals surface area contributed by atoms with Crippen LogP contribution in [0.15, 0.2) is 0 Å². The van der Waals surface area contributed by atoms with Crippen LogP contribution in [0.4, 0.5) is 26.3 Å².